The molecule has 0 aliphatic carbocycles. The van der Waals surface area contributed by atoms with Crippen LogP contribution in [0.4, 0.5) is 4.39 Å². The number of rotatable bonds is 9. The van der Waals surface area contributed by atoms with Crippen molar-refractivity contribution in [3.63, 3.8) is 0 Å². The van der Waals surface area contributed by atoms with Gasteiger partial charge in [0.1, 0.15) is 5.82 Å². The van der Waals surface area contributed by atoms with Gasteiger partial charge < -0.3 is 15.8 Å². The molecule has 19 heavy (non-hydrogen) atoms. The van der Waals surface area contributed by atoms with E-state index in [2.05, 4.69) is 12.2 Å². The number of benzene rings is 1. The van der Waals surface area contributed by atoms with Crippen molar-refractivity contribution >= 4 is 5.91 Å². The van der Waals surface area contributed by atoms with Gasteiger partial charge in [-0.3, -0.25) is 4.79 Å². The fourth-order valence-electron chi connectivity index (χ4n) is 1.61. The highest BCUT2D eigenvalue weighted by molar-refractivity contribution is 5.92. The number of nitrogens with two attached hydrogens (primary N) is 1. The van der Waals surface area contributed by atoms with Gasteiger partial charge in [-0.25, -0.2) is 4.39 Å². The Morgan fingerprint density at radius 2 is 2.21 bits per heavy atom. The predicted molar refractivity (Wildman–Crippen MR) is 72.4 cm³/mol. The largest absolute Gasteiger partial charge is 0.381 e. The zero-order chi connectivity index (χ0) is 14.1. The Morgan fingerprint density at radius 1 is 1.42 bits per heavy atom. The highest BCUT2D eigenvalue weighted by atomic mass is 19.1. The summed E-state index contributed by atoms with van der Waals surface area (Å²) in [4.78, 5) is 10.9. The molecule has 0 aliphatic rings. The van der Waals surface area contributed by atoms with E-state index in [1.54, 1.807) is 6.07 Å². The molecule has 0 aromatic heterocycles. The summed E-state index contributed by atoms with van der Waals surface area (Å²) >= 11 is 0. The Labute approximate surface area is 113 Å². The fraction of sp³-hybridized carbons (Fsp3) is 0.500. The van der Waals surface area contributed by atoms with E-state index < -0.39 is 11.7 Å². The second-order valence-corrected chi connectivity index (χ2v) is 4.31. The molecule has 3 N–H and O–H groups in total. The molecular formula is C14H21FN2O2. The van der Waals surface area contributed by atoms with Crippen LogP contribution < -0.4 is 11.1 Å². The SMILES string of the molecule is CCCOCCCNCc1ccc(C(N)=O)cc1F. The summed E-state index contributed by atoms with van der Waals surface area (Å²) in [6.07, 6.45) is 1.91. The second kappa shape index (κ2) is 8.61. The fourth-order valence-corrected chi connectivity index (χ4v) is 1.61. The minimum absolute atomic E-state index is 0.189. The first kappa shape index (κ1) is 15.6. The third kappa shape index (κ3) is 5.81. The van der Waals surface area contributed by atoms with Crippen LogP contribution in [0.15, 0.2) is 18.2 Å². The van der Waals surface area contributed by atoms with Crippen molar-refractivity contribution in [2.24, 2.45) is 5.73 Å². The lowest BCUT2D eigenvalue weighted by atomic mass is 10.1. The van der Waals surface area contributed by atoms with Gasteiger partial charge in [-0.15, -0.1) is 0 Å². The van der Waals surface area contributed by atoms with Crippen molar-refractivity contribution in [1.29, 1.82) is 0 Å². The van der Waals surface area contributed by atoms with E-state index in [4.69, 9.17) is 10.5 Å². The standard InChI is InChI=1S/C14H21FN2O2/c1-2-7-19-8-3-6-17-10-12-5-4-11(14(16)18)9-13(12)15/h4-5,9,17H,2-3,6-8,10H2,1H3,(H2,16,18). The van der Waals surface area contributed by atoms with Crippen LogP contribution in [0.5, 0.6) is 0 Å². The summed E-state index contributed by atoms with van der Waals surface area (Å²) in [5.74, 6) is -1.03. The minimum Gasteiger partial charge on any atom is -0.381 e. The van der Waals surface area contributed by atoms with E-state index in [-0.39, 0.29) is 5.56 Å². The zero-order valence-electron chi connectivity index (χ0n) is 11.2. The van der Waals surface area contributed by atoms with Crippen molar-refractivity contribution in [2.45, 2.75) is 26.3 Å². The molecule has 1 aromatic carbocycles. The maximum absolute atomic E-state index is 13.6. The van der Waals surface area contributed by atoms with E-state index >= 15 is 0 Å². The first-order chi connectivity index (χ1) is 9.15. The van der Waals surface area contributed by atoms with Crippen molar-refractivity contribution in [1.82, 2.24) is 5.32 Å². The molecule has 0 fully saturated rings. The Balaban J connectivity index is 2.28. The summed E-state index contributed by atoms with van der Waals surface area (Å²) in [5, 5.41) is 3.13. The van der Waals surface area contributed by atoms with Crippen LogP contribution in [0.25, 0.3) is 0 Å². The quantitative estimate of drug-likeness (QED) is 0.672. The third-order valence-electron chi connectivity index (χ3n) is 2.64. The highest BCUT2D eigenvalue weighted by Crippen LogP contribution is 2.10. The number of nitrogens with one attached hydrogen (secondary N) is 1. The van der Waals surface area contributed by atoms with Gasteiger partial charge in [0.05, 0.1) is 0 Å². The summed E-state index contributed by atoms with van der Waals surface area (Å²) < 4.78 is 18.9. The normalized spacial score (nSPS) is 10.6. The van der Waals surface area contributed by atoms with Crippen LogP contribution in [0.2, 0.25) is 0 Å². The summed E-state index contributed by atoms with van der Waals surface area (Å²) in [6, 6.07) is 4.28. The van der Waals surface area contributed by atoms with Crippen LogP contribution >= 0.6 is 0 Å². The van der Waals surface area contributed by atoms with Gasteiger partial charge in [0.2, 0.25) is 5.91 Å². The number of carbonyl (C=O) groups excluding carboxylic acids is 1. The van der Waals surface area contributed by atoms with Gasteiger partial charge in [0.15, 0.2) is 0 Å². The molecule has 0 unspecified atom stereocenters. The molecule has 0 bridgehead atoms. The monoisotopic (exact) mass is 268 g/mol. The lowest BCUT2D eigenvalue weighted by molar-refractivity contribution is 0.1000. The lowest BCUT2D eigenvalue weighted by Crippen LogP contribution is -2.18. The van der Waals surface area contributed by atoms with E-state index in [0.29, 0.717) is 18.7 Å². The van der Waals surface area contributed by atoms with Gasteiger partial charge in [-0.05, 0) is 31.5 Å². The van der Waals surface area contributed by atoms with Crippen LogP contribution in [0.3, 0.4) is 0 Å². The molecule has 106 valence electrons. The smallest absolute Gasteiger partial charge is 0.248 e. The predicted octanol–water partition coefficient (Wildman–Crippen LogP) is 1.83. The number of carbonyl (C=O) groups is 1. The summed E-state index contributed by atoms with van der Waals surface area (Å²) in [6.45, 7) is 4.75. The maximum Gasteiger partial charge on any atom is 0.248 e. The van der Waals surface area contributed by atoms with E-state index in [1.807, 2.05) is 0 Å². The average molecular weight is 268 g/mol. The van der Waals surface area contributed by atoms with Crippen LogP contribution in [0.1, 0.15) is 35.7 Å². The van der Waals surface area contributed by atoms with E-state index in [1.165, 1.54) is 12.1 Å². The van der Waals surface area contributed by atoms with Crippen molar-refractivity contribution in [2.75, 3.05) is 19.8 Å². The van der Waals surface area contributed by atoms with Gasteiger partial charge in [0.25, 0.3) is 0 Å². The Hall–Kier alpha value is -1.46. The molecule has 0 atom stereocenters. The molecule has 1 aromatic rings. The van der Waals surface area contributed by atoms with Crippen molar-refractivity contribution < 1.29 is 13.9 Å². The first-order valence-electron chi connectivity index (χ1n) is 6.51. The van der Waals surface area contributed by atoms with E-state index in [9.17, 15) is 9.18 Å². The van der Waals surface area contributed by atoms with Crippen LogP contribution in [0, 0.1) is 5.82 Å². The topological polar surface area (TPSA) is 64.3 Å². The molecule has 4 nitrogen and oxygen atoms in total. The third-order valence-corrected chi connectivity index (χ3v) is 2.64. The Bertz CT molecular complexity index is 410. The zero-order valence-corrected chi connectivity index (χ0v) is 11.2. The molecule has 0 spiro atoms. The molecule has 5 heteroatoms. The Kier molecular flexibility index (Phi) is 7.07. The van der Waals surface area contributed by atoms with Crippen LogP contribution in [-0.2, 0) is 11.3 Å². The number of amides is 1. The van der Waals surface area contributed by atoms with Crippen LogP contribution in [-0.4, -0.2) is 25.7 Å². The molecule has 0 saturated carbocycles. The lowest BCUT2D eigenvalue weighted by Gasteiger charge is -2.07. The molecule has 0 aliphatic heterocycles. The number of primary amides is 1. The molecule has 1 amide bonds. The van der Waals surface area contributed by atoms with Crippen molar-refractivity contribution in [3.05, 3.63) is 35.1 Å². The molecular weight excluding hydrogens is 247 g/mol. The van der Waals surface area contributed by atoms with E-state index in [0.717, 1.165) is 26.0 Å². The highest BCUT2D eigenvalue weighted by Gasteiger charge is 2.06. The second-order valence-electron chi connectivity index (χ2n) is 4.31. The number of hydrogen-bond donors (Lipinski definition) is 2. The van der Waals surface area contributed by atoms with Crippen molar-refractivity contribution in [3.8, 4) is 0 Å². The summed E-state index contributed by atoms with van der Waals surface area (Å²) in [5.41, 5.74) is 5.79. The molecule has 1 rings (SSSR count). The van der Waals surface area contributed by atoms with Gasteiger partial charge in [-0.2, -0.15) is 0 Å². The summed E-state index contributed by atoms with van der Waals surface area (Å²) in [7, 11) is 0. The molecule has 0 saturated heterocycles. The molecule has 0 heterocycles. The Morgan fingerprint density at radius 3 is 2.84 bits per heavy atom. The minimum atomic E-state index is -0.619. The number of hydrogen-bond acceptors (Lipinski definition) is 3. The van der Waals surface area contributed by atoms with Gasteiger partial charge in [0, 0.05) is 30.9 Å². The van der Waals surface area contributed by atoms with Gasteiger partial charge in [-0.1, -0.05) is 13.0 Å². The molecule has 0 radical (unpaired) electrons. The average Bonchev–Trinajstić information content (AvgIpc) is 2.39. The maximum atomic E-state index is 13.6. The number of halogens is 1. The first-order valence-corrected chi connectivity index (χ1v) is 6.51. The van der Waals surface area contributed by atoms with Gasteiger partial charge >= 0.3 is 0 Å². The number of ether oxygens (including phenoxy) is 1.